The second-order valence-corrected chi connectivity index (χ2v) is 7.62. The number of rotatable bonds is 8. The maximum Gasteiger partial charge on any atom is 0.328 e. The van der Waals surface area contributed by atoms with E-state index in [9.17, 15) is 19.2 Å². The molecule has 2 aromatic carbocycles. The Morgan fingerprint density at radius 2 is 1.69 bits per heavy atom. The number of esters is 1. The maximum absolute atomic E-state index is 12.5. The van der Waals surface area contributed by atoms with Gasteiger partial charge >= 0.3 is 5.97 Å². The minimum atomic E-state index is -0.842. The van der Waals surface area contributed by atoms with Crippen LogP contribution in [0.25, 0.3) is 10.9 Å². The highest BCUT2D eigenvalue weighted by Crippen LogP contribution is 2.23. The molecular weight excluding hydrogens is 410 g/mol. The van der Waals surface area contributed by atoms with Gasteiger partial charge in [0.05, 0.1) is 18.2 Å². The van der Waals surface area contributed by atoms with Gasteiger partial charge in [-0.3, -0.25) is 19.3 Å². The van der Waals surface area contributed by atoms with E-state index in [1.165, 1.54) is 7.11 Å². The fraction of sp³-hybridized carbons (Fsp3) is 0.250. The Bertz CT molecular complexity index is 1160. The summed E-state index contributed by atoms with van der Waals surface area (Å²) in [6.45, 7) is 0.130. The Labute approximate surface area is 184 Å². The Morgan fingerprint density at radius 3 is 2.38 bits per heavy atom. The highest BCUT2D eigenvalue weighted by Gasteiger charge is 2.34. The van der Waals surface area contributed by atoms with Crippen LogP contribution in [0.3, 0.4) is 0 Å². The van der Waals surface area contributed by atoms with Crippen molar-refractivity contribution in [2.24, 2.45) is 0 Å². The Kier molecular flexibility index (Phi) is 6.02. The van der Waals surface area contributed by atoms with E-state index in [0.717, 1.165) is 21.4 Å². The molecule has 3 amide bonds. The van der Waals surface area contributed by atoms with Gasteiger partial charge in [-0.05, 0) is 30.2 Å². The van der Waals surface area contributed by atoms with E-state index in [2.05, 4.69) is 10.3 Å². The molecule has 164 valence electrons. The van der Waals surface area contributed by atoms with Crippen molar-refractivity contribution in [3.63, 3.8) is 0 Å². The van der Waals surface area contributed by atoms with Crippen molar-refractivity contribution in [2.45, 2.75) is 25.3 Å². The summed E-state index contributed by atoms with van der Waals surface area (Å²) in [5, 5.41) is 3.69. The second kappa shape index (κ2) is 9.05. The molecule has 0 unspecified atom stereocenters. The monoisotopic (exact) mass is 433 g/mol. The summed E-state index contributed by atoms with van der Waals surface area (Å²) in [5.41, 5.74) is 2.60. The number of amides is 3. The number of aromatic nitrogens is 1. The third-order valence-corrected chi connectivity index (χ3v) is 5.58. The fourth-order valence-corrected chi connectivity index (χ4v) is 3.96. The molecule has 8 nitrogen and oxygen atoms in total. The number of carbonyl (C=O) groups excluding carboxylic acids is 4. The van der Waals surface area contributed by atoms with Crippen molar-refractivity contribution in [3.05, 3.63) is 71.4 Å². The number of nitrogens with one attached hydrogen (secondary N) is 2. The maximum atomic E-state index is 12.5. The molecule has 0 fully saturated rings. The first kappa shape index (κ1) is 21.3. The van der Waals surface area contributed by atoms with E-state index in [-0.39, 0.29) is 43.5 Å². The van der Waals surface area contributed by atoms with Gasteiger partial charge in [0.15, 0.2) is 0 Å². The first-order valence-corrected chi connectivity index (χ1v) is 10.4. The predicted molar refractivity (Wildman–Crippen MR) is 117 cm³/mol. The van der Waals surface area contributed by atoms with Crippen LogP contribution in [0.2, 0.25) is 0 Å². The molecule has 0 bridgehead atoms. The SMILES string of the molecule is COC(=O)[C@@H](Cc1c[nH]c2ccccc12)NC(=O)CCCN1C(=O)c2ccccc2C1=O. The van der Waals surface area contributed by atoms with Gasteiger partial charge in [0.1, 0.15) is 6.04 Å². The molecule has 0 radical (unpaired) electrons. The van der Waals surface area contributed by atoms with Crippen molar-refractivity contribution in [1.82, 2.24) is 15.2 Å². The standard InChI is InChI=1S/C24H23N3O5/c1-32-24(31)20(13-15-14-25-19-10-5-4-7-16(15)19)26-21(28)11-6-12-27-22(29)17-8-2-3-9-18(17)23(27)30/h2-5,7-10,14,20,25H,6,11-13H2,1H3,(H,26,28)/t20-/m1/s1. The van der Waals surface area contributed by atoms with Gasteiger partial charge in [-0.2, -0.15) is 0 Å². The summed E-state index contributed by atoms with van der Waals surface area (Å²) < 4.78 is 4.86. The highest BCUT2D eigenvalue weighted by molar-refractivity contribution is 6.21. The number of fused-ring (bicyclic) bond motifs is 2. The van der Waals surface area contributed by atoms with Crippen molar-refractivity contribution in [2.75, 3.05) is 13.7 Å². The number of H-pyrrole nitrogens is 1. The molecule has 3 aromatic rings. The van der Waals surface area contributed by atoms with Crippen LogP contribution in [-0.2, 0) is 20.7 Å². The minimum Gasteiger partial charge on any atom is -0.467 e. The second-order valence-electron chi connectivity index (χ2n) is 7.62. The van der Waals surface area contributed by atoms with E-state index < -0.39 is 12.0 Å². The zero-order chi connectivity index (χ0) is 22.7. The lowest BCUT2D eigenvalue weighted by molar-refractivity contribution is -0.145. The molecule has 0 saturated carbocycles. The number of ether oxygens (including phenoxy) is 1. The zero-order valence-corrected chi connectivity index (χ0v) is 17.6. The summed E-state index contributed by atoms with van der Waals surface area (Å²) >= 11 is 0. The lowest BCUT2D eigenvalue weighted by Gasteiger charge is -2.17. The smallest absolute Gasteiger partial charge is 0.328 e. The average Bonchev–Trinajstić information content (AvgIpc) is 3.32. The first-order chi connectivity index (χ1) is 15.5. The van der Waals surface area contributed by atoms with E-state index in [4.69, 9.17) is 4.74 Å². The van der Waals surface area contributed by atoms with Gasteiger partial charge < -0.3 is 15.0 Å². The van der Waals surface area contributed by atoms with Gasteiger partial charge in [-0.15, -0.1) is 0 Å². The molecule has 2 N–H and O–H groups in total. The largest absolute Gasteiger partial charge is 0.467 e. The molecule has 1 aliphatic heterocycles. The number of benzene rings is 2. The number of hydrogen-bond acceptors (Lipinski definition) is 5. The van der Waals surface area contributed by atoms with Crippen molar-refractivity contribution in [1.29, 1.82) is 0 Å². The normalized spacial score (nSPS) is 13.8. The number of para-hydroxylation sites is 1. The first-order valence-electron chi connectivity index (χ1n) is 10.4. The van der Waals surface area contributed by atoms with Crippen LogP contribution in [-0.4, -0.2) is 53.3 Å². The van der Waals surface area contributed by atoms with E-state index in [1.54, 1.807) is 24.3 Å². The molecule has 4 rings (SSSR count). The number of hydrogen-bond donors (Lipinski definition) is 2. The van der Waals surface area contributed by atoms with Crippen LogP contribution in [0.5, 0.6) is 0 Å². The number of nitrogens with zero attached hydrogens (tertiary/aromatic N) is 1. The summed E-state index contributed by atoms with van der Waals surface area (Å²) in [4.78, 5) is 53.9. The van der Waals surface area contributed by atoms with Gasteiger partial charge in [-0.1, -0.05) is 30.3 Å². The Hall–Kier alpha value is -3.94. The van der Waals surface area contributed by atoms with Crippen LogP contribution < -0.4 is 5.32 Å². The van der Waals surface area contributed by atoms with Crippen LogP contribution >= 0.6 is 0 Å². The molecule has 0 aliphatic carbocycles. The molecule has 1 aromatic heterocycles. The number of carbonyl (C=O) groups is 4. The Morgan fingerprint density at radius 1 is 1.03 bits per heavy atom. The number of imide groups is 1. The van der Waals surface area contributed by atoms with Gasteiger partial charge in [0.2, 0.25) is 5.91 Å². The quantitative estimate of drug-likeness (QED) is 0.419. The summed E-state index contributed by atoms with van der Waals surface area (Å²) in [7, 11) is 1.28. The topological polar surface area (TPSA) is 109 Å². The summed E-state index contributed by atoms with van der Waals surface area (Å²) in [6, 6.07) is 13.5. The third-order valence-electron chi connectivity index (χ3n) is 5.58. The lowest BCUT2D eigenvalue weighted by Crippen LogP contribution is -2.43. The highest BCUT2D eigenvalue weighted by atomic mass is 16.5. The molecule has 0 spiro atoms. The zero-order valence-electron chi connectivity index (χ0n) is 17.6. The van der Waals surface area contributed by atoms with E-state index >= 15 is 0 Å². The molecule has 8 heteroatoms. The lowest BCUT2D eigenvalue weighted by atomic mass is 10.0. The van der Waals surface area contributed by atoms with Gasteiger partial charge in [0, 0.05) is 36.5 Å². The van der Waals surface area contributed by atoms with Crippen LogP contribution in [0.15, 0.2) is 54.7 Å². The van der Waals surface area contributed by atoms with Gasteiger partial charge in [0.25, 0.3) is 11.8 Å². The van der Waals surface area contributed by atoms with Crippen LogP contribution in [0, 0.1) is 0 Å². The van der Waals surface area contributed by atoms with Crippen molar-refractivity contribution < 1.29 is 23.9 Å². The minimum absolute atomic E-state index is 0.0643. The molecule has 0 saturated heterocycles. The summed E-state index contributed by atoms with van der Waals surface area (Å²) in [5.74, 6) is -1.59. The third kappa shape index (κ3) is 4.12. The summed E-state index contributed by atoms with van der Waals surface area (Å²) in [6.07, 6.45) is 2.45. The Balaban J connectivity index is 1.35. The van der Waals surface area contributed by atoms with E-state index in [0.29, 0.717) is 11.1 Å². The number of aromatic amines is 1. The molecule has 2 heterocycles. The van der Waals surface area contributed by atoms with E-state index in [1.807, 2.05) is 30.5 Å². The average molecular weight is 433 g/mol. The fourth-order valence-electron chi connectivity index (χ4n) is 3.96. The van der Waals surface area contributed by atoms with Crippen LogP contribution in [0.4, 0.5) is 0 Å². The number of methoxy groups -OCH3 is 1. The van der Waals surface area contributed by atoms with Crippen molar-refractivity contribution in [3.8, 4) is 0 Å². The van der Waals surface area contributed by atoms with Crippen molar-refractivity contribution >= 4 is 34.6 Å². The van der Waals surface area contributed by atoms with Gasteiger partial charge in [-0.25, -0.2) is 4.79 Å². The van der Waals surface area contributed by atoms with Crippen LogP contribution in [0.1, 0.15) is 39.1 Å². The molecular formula is C24H23N3O5. The molecule has 32 heavy (non-hydrogen) atoms. The predicted octanol–water partition coefficient (Wildman–Crippen LogP) is 2.44. The molecule has 1 atom stereocenters. The molecule has 1 aliphatic rings.